The molecule has 122 valence electrons. The van der Waals surface area contributed by atoms with Crippen molar-refractivity contribution in [2.24, 2.45) is 0 Å². The standard InChI is InChI=1S/C16H23NO3S2/c1-13(2)17(10-14-6-4-3-5-7-14)16(18)11-21-15-8-9-22(19,20)12-15/h3-7,13,15H,8-12H2,1-2H3. The number of amides is 1. The summed E-state index contributed by atoms with van der Waals surface area (Å²) in [5.41, 5.74) is 1.11. The van der Waals surface area contributed by atoms with E-state index in [9.17, 15) is 13.2 Å². The number of carbonyl (C=O) groups excluding carboxylic acids is 1. The summed E-state index contributed by atoms with van der Waals surface area (Å²) >= 11 is 1.48. The third kappa shape index (κ3) is 5.02. The second-order valence-corrected chi connectivity index (χ2v) is 9.45. The van der Waals surface area contributed by atoms with E-state index in [4.69, 9.17) is 0 Å². The lowest BCUT2D eigenvalue weighted by Crippen LogP contribution is -2.38. The molecule has 0 aromatic heterocycles. The van der Waals surface area contributed by atoms with Crippen molar-refractivity contribution in [1.29, 1.82) is 0 Å². The van der Waals surface area contributed by atoms with Gasteiger partial charge in [0.25, 0.3) is 0 Å². The molecule has 0 saturated carbocycles. The smallest absolute Gasteiger partial charge is 0.233 e. The molecule has 6 heteroatoms. The van der Waals surface area contributed by atoms with Crippen LogP contribution in [0, 0.1) is 0 Å². The highest BCUT2D eigenvalue weighted by molar-refractivity contribution is 8.02. The van der Waals surface area contributed by atoms with Gasteiger partial charge in [-0.2, -0.15) is 0 Å². The van der Waals surface area contributed by atoms with E-state index < -0.39 is 9.84 Å². The first-order valence-corrected chi connectivity index (χ1v) is 10.4. The number of thioether (sulfide) groups is 1. The molecule has 0 aliphatic carbocycles. The Hall–Kier alpha value is -1.01. The molecule has 1 aliphatic heterocycles. The van der Waals surface area contributed by atoms with Crippen LogP contribution in [-0.4, -0.2) is 47.8 Å². The van der Waals surface area contributed by atoms with Crippen molar-refractivity contribution >= 4 is 27.5 Å². The van der Waals surface area contributed by atoms with Gasteiger partial charge in [0.15, 0.2) is 9.84 Å². The van der Waals surface area contributed by atoms with Gasteiger partial charge in [-0.3, -0.25) is 4.79 Å². The van der Waals surface area contributed by atoms with Crippen LogP contribution in [0.15, 0.2) is 30.3 Å². The molecule has 1 heterocycles. The fraction of sp³-hybridized carbons (Fsp3) is 0.562. The number of carbonyl (C=O) groups is 1. The predicted molar refractivity (Wildman–Crippen MR) is 91.6 cm³/mol. The third-order valence-electron chi connectivity index (χ3n) is 3.77. The van der Waals surface area contributed by atoms with E-state index in [1.807, 2.05) is 49.1 Å². The van der Waals surface area contributed by atoms with Crippen molar-refractivity contribution in [1.82, 2.24) is 4.90 Å². The molecule has 0 N–H and O–H groups in total. The van der Waals surface area contributed by atoms with Gasteiger partial charge in [0.1, 0.15) is 0 Å². The maximum Gasteiger partial charge on any atom is 0.233 e. The third-order valence-corrected chi connectivity index (χ3v) is 7.04. The number of benzene rings is 1. The summed E-state index contributed by atoms with van der Waals surface area (Å²) in [6.45, 7) is 4.61. The summed E-state index contributed by atoms with van der Waals surface area (Å²) in [5.74, 6) is 0.904. The molecule has 0 bridgehead atoms. The minimum absolute atomic E-state index is 0.0692. The second kappa shape index (κ2) is 7.51. The lowest BCUT2D eigenvalue weighted by Gasteiger charge is -2.27. The van der Waals surface area contributed by atoms with Gasteiger partial charge in [-0.25, -0.2) is 8.42 Å². The molecule has 0 radical (unpaired) electrons. The first-order chi connectivity index (χ1) is 10.4. The molecular weight excluding hydrogens is 318 g/mol. The molecule has 1 aromatic rings. The highest BCUT2D eigenvalue weighted by Gasteiger charge is 2.29. The van der Waals surface area contributed by atoms with E-state index >= 15 is 0 Å². The maximum atomic E-state index is 12.5. The fourth-order valence-electron chi connectivity index (χ4n) is 2.50. The Kier molecular flexibility index (Phi) is 5.92. The van der Waals surface area contributed by atoms with E-state index in [0.717, 1.165) is 5.56 Å². The Labute approximate surface area is 137 Å². The maximum absolute atomic E-state index is 12.5. The van der Waals surface area contributed by atoms with Crippen LogP contribution in [0.5, 0.6) is 0 Å². The fourth-order valence-corrected chi connectivity index (χ4v) is 6.03. The first kappa shape index (κ1) is 17.3. The number of sulfone groups is 1. The van der Waals surface area contributed by atoms with Crippen LogP contribution < -0.4 is 0 Å². The van der Waals surface area contributed by atoms with Gasteiger partial charge >= 0.3 is 0 Å². The SMILES string of the molecule is CC(C)N(Cc1ccccc1)C(=O)CSC1CCS(=O)(=O)C1. The lowest BCUT2D eigenvalue weighted by atomic mass is 10.2. The van der Waals surface area contributed by atoms with Gasteiger partial charge in [-0.15, -0.1) is 11.8 Å². The van der Waals surface area contributed by atoms with Crippen LogP contribution in [-0.2, 0) is 21.2 Å². The van der Waals surface area contributed by atoms with Gasteiger partial charge in [-0.05, 0) is 25.8 Å². The van der Waals surface area contributed by atoms with Gasteiger partial charge < -0.3 is 4.90 Å². The Morgan fingerprint density at radius 1 is 1.32 bits per heavy atom. The zero-order chi connectivity index (χ0) is 16.2. The summed E-state index contributed by atoms with van der Waals surface area (Å²) in [6.07, 6.45) is 0.667. The van der Waals surface area contributed by atoms with Crippen molar-refractivity contribution in [2.45, 2.75) is 38.1 Å². The van der Waals surface area contributed by atoms with E-state index in [1.54, 1.807) is 0 Å². The van der Waals surface area contributed by atoms with E-state index in [0.29, 0.717) is 18.7 Å². The molecule has 1 aliphatic rings. The van der Waals surface area contributed by atoms with Crippen LogP contribution >= 0.6 is 11.8 Å². The summed E-state index contributed by atoms with van der Waals surface area (Å²) < 4.78 is 22.9. The lowest BCUT2D eigenvalue weighted by molar-refractivity contribution is -0.130. The second-order valence-electron chi connectivity index (χ2n) is 5.94. The quantitative estimate of drug-likeness (QED) is 0.797. The highest BCUT2D eigenvalue weighted by atomic mass is 32.2. The van der Waals surface area contributed by atoms with Crippen molar-refractivity contribution in [2.75, 3.05) is 17.3 Å². The summed E-state index contributed by atoms with van der Waals surface area (Å²) in [7, 11) is -2.87. The largest absolute Gasteiger partial charge is 0.335 e. The van der Waals surface area contributed by atoms with E-state index in [2.05, 4.69) is 0 Å². The molecule has 1 amide bonds. The molecule has 1 aromatic carbocycles. The van der Waals surface area contributed by atoms with Crippen molar-refractivity contribution in [3.63, 3.8) is 0 Å². The molecular formula is C16H23NO3S2. The Morgan fingerprint density at radius 3 is 2.55 bits per heavy atom. The Balaban J connectivity index is 1.90. The summed E-state index contributed by atoms with van der Waals surface area (Å²) in [6, 6.07) is 10.0. The van der Waals surface area contributed by atoms with Gasteiger partial charge in [0, 0.05) is 17.8 Å². The van der Waals surface area contributed by atoms with Crippen LogP contribution in [0.1, 0.15) is 25.8 Å². The summed E-state index contributed by atoms with van der Waals surface area (Å²) in [5, 5.41) is 0.0692. The topological polar surface area (TPSA) is 54.5 Å². The molecule has 1 atom stereocenters. The molecule has 0 spiro atoms. The average molecular weight is 341 g/mol. The molecule has 22 heavy (non-hydrogen) atoms. The number of rotatable bonds is 6. The minimum Gasteiger partial charge on any atom is -0.335 e. The van der Waals surface area contributed by atoms with Crippen molar-refractivity contribution in [3.05, 3.63) is 35.9 Å². The van der Waals surface area contributed by atoms with Crippen LogP contribution in [0.2, 0.25) is 0 Å². The van der Waals surface area contributed by atoms with Gasteiger partial charge in [0.2, 0.25) is 5.91 Å². The summed E-state index contributed by atoms with van der Waals surface area (Å²) in [4.78, 5) is 14.3. The molecule has 4 nitrogen and oxygen atoms in total. The number of hydrogen-bond acceptors (Lipinski definition) is 4. The van der Waals surface area contributed by atoms with Crippen LogP contribution in [0.4, 0.5) is 0 Å². The van der Waals surface area contributed by atoms with Crippen LogP contribution in [0.25, 0.3) is 0 Å². The first-order valence-electron chi connectivity index (χ1n) is 7.53. The highest BCUT2D eigenvalue weighted by Crippen LogP contribution is 2.25. The van der Waals surface area contributed by atoms with Crippen molar-refractivity contribution in [3.8, 4) is 0 Å². The Bertz CT molecular complexity index is 599. The minimum atomic E-state index is -2.87. The molecule has 1 unspecified atom stereocenters. The zero-order valence-corrected chi connectivity index (χ0v) is 14.7. The Morgan fingerprint density at radius 2 is 2.00 bits per heavy atom. The molecule has 1 fully saturated rings. The van der Waals surface area contributed by atoms with Gasteiger partial charge in [-0.1, -0.05) is 30.3 Å². The monoisotopic (exact) mass is 341 g/mol. The van der Waals surface area contributed by atoms with E-state index in [-0.39, 0.29) is 28.7 Å². The van der Waals surface area contributed by atoms with Crippen molar-refractivity contribution < 1.29 is 13.2 Å². The average Bonchev–Trinajstić information content (AvgIpc) is 2.82. The van der Waals surface area contributed by atoms with Gasteiger partial charge in [0.05, 0.1) is 17.3 Å². The van der Waals surface area contributed by atoms with E-state index in [1.165, 1.54) is 11.8 Å². The zero-order valence-electron chi connectivity index (χ0n) is 13.1. The predicted octanol–water partition coefficient (Wildman–Crippen LogP) is 2.34. The van der Waals surface area contributed by atoms with Crippen LogP contribution in [0.3, 0.4) is 0 Å². The molecule has 2 rings (SSSR count). The normalized spacial score (nSPS) is 20.2. The number of nitrogens with zero attached hydrogens (tertiary/aromatic N) is 1. The number of hydrogen-bond donors (Lipinski definition) is 0. The molecule has 1 saturated heterocycles.